The molecule has 1 aliphatic heterocycles. The average Bonchev–Trinajstić information content (AvgIpc) is 2.80. The Morgan fingerprint density at radius 2 is 2.08 bits per heavy atom. The number of nitrogens with zero attached hydrogens (tertiary/aromatic N) is 6. The Kier molecular flexibility index (Phi) is 4.71. The molecule has 134 valence electrons. The summed E-state index contributed by atoms with van der Waals surface area (Å²) >= 11 is 0. The van der Waals surface area contributed by atoms with Gasteiger partial charge in [-0.05, 0) is 13.8 Å². The molecule has 1 amide bonds. The molecule has 3 heterocycles. The van der Waals surface area contributed by atoms with Crippen molar-refractivity contribution >= 4 is 17.4 Å². The van der Waals surface area contributed by atoms with Gasteiger partial charge in [0.1, 0.15) is 12.1 Å². The minimum Gasteiger partial charge on any atom is -0.362 e. The van der Waals surface area contributed by atoms with Crippen LogP contribution < -0.4 is 10.2 Å². The van der Waals surface area contributed by atoms with E-state index in [1.807, 2.05) is 39.9 Å². The van der Waals surface area contributed by atoms with Crippen LogP contribution in [0, 0.1) is 13.8 Å². The van der Waals surface area contributed by atoms with Crippen molar-refractivity contribution in [3.8, 4) is 0 Å². The molecule has 0 fully saturated rings. The van der Waals surface area contributed by atoms with Crippen LogP contribution in [-0.4, -0.2) is 57.7 Å². The van der Waals surface area contributed by atoms with Crippen molar-refractivity contribution in [3.63, 3.8) is 0 Å². The van der Waals surface area contributed by atoms with Crippen LogP contribution in [0.1, 0.15) is 22.6 Å². The lowest BCUT2D eigenvalue weighted by atomic mass is 10.1. The van der Waals surface area contributed by atoms with Crippen LogP contribution in [0.4, 0.5) is 11.5 Å². The lowest BCUT2D eigenvalue weighted by Gasteiger charge is -2.29. The highest BCUT2D eigenvalue weighted by molar-refractivity contribution is 5.93. The van der Waals surface area contributed by atoms with Gasteiger partial charge in [0.15, 0.2) is 0 Å². The maximum atomic E-state index is 12.5. The second kappa shape index (κ2) is 6.79. The molecule has 3 rings (SSSR count). The Morgan fingerprint density at radius 3 is 2.72 bits per heavy atom. The lowest BCUT2D eigenvalue weighted by molar-refractivity contribution is -0.117. The first-order valence-electron chi connectivity index (χ1n) is 8.39. The maximum absolute atomic E-state index is 12.5. The molecule has 0 atom stereocenters. The first kappa shape index (κ1) is 17.3. The fourth-order valence-electron chi connectivity index (χ4n) is 3.24. The Bertz CT molecular complexity index is 797. The molecule has 0 bridgehead atoms. The van der Waals surface area contributed by atoms with Crippen molar-refractivity contribution in [1.82, 2.24) is 24.6 Å². The van der Waals surface area contributed by atoms with Crippen molar-refractivity contribution in [3.05, 3.63) is 29.0 Å². The molecule has 0 spiro atoms. The highest BCUT2D eigenvalue weighted by atomic mass is 16.2. The number of rotatable bonds is 4. The highest BCUT2D eigenvalue weighted by Crippen LogP contribution is 2.24. The zero-order chi connectivity index (χ0) is 18.1. The summed E-state index contributed by atoms with van der Waals surface area (Å²) < 4.78 is 1.78. The summed E-state index contributed by atoms with van der Waals surface area (Å²) in [7, 11) is 5.83. The fraction of sp³-hybridized carbons (Fsp3) is 0.529. The van der Waals surface area contributed by atoms with Crippen molar-refractivity contribution < 1.29 is 4.79 Å². The molecule has 1 N–H and O–H groups in total. The number of amides is 1. The Morgan fingerprint density at radius 1 is 1.32 bits per heavy atom. The van der Waals surface area contributed by atoms with Gasteiger partial charge in [-0.2, -0.15) is 5.10 Å². The minimum atomic E-state index is -0.0223. The van der Waals surface area contributed by atoms with Gasteiger partial charge < -0.3 is 10.2 Å². The van der Waals surface area contributed by atoms with Crippen LogP contribution in [0.15, 0.2) is 6.33 Å². The van der Waals surface area contributed by atoms with Crippen molar-refractivity contribution in [2.24, 2.45) is 7.05 Å². The second-order valence-electron chi connectivity index (χ2n) is 6.70. The van der Waals surface area contributed by atoms with Crippen molar-refractivity contribution in [2.75, 3.05) is 37.4 Å². The van der Waals surface area contributed by atoms with Gasteiger partial charge in [-0.15, -0.1) is 0 Å². The minimum absolute atomic E-state index is 0.0223. The summed E-state index contributed by atoms with van der Waals surface area (Å²) in [4.78, 5) is 25.4. The largest absolute Gasteiger partial charge is 0.362 e. The third kappa shape index (κ3) is 3.48. The quantitative estimate of drug-likeness (QED) is 0.888. The van der Waals surface area contributed by atoms with E-state index in [9.17, 15) is 4.79 Å². The monoisotopic (exact) mass is 343 g/mol. The predicted molar refractivity (Wildman–Crippen MR) is 96.7 cm³/mol. The third-order valence-corrected chi connectivity index (χ3v) is 4.62. The van der Waals surface area contributed by atoms with Gasteiger partial charge in [0.05, 0.1) is 29.3 Å². The number of hydrogen-bond donors (Lipinski definition) is 1. The molecular weight excluding hydrogens is 318 g/mol. The number of hydrogen-bond acceptors (Lipinski definition) is 6. The topological polar surface area (TPSA) is 79.2 Å². The number of nitrogens with one attached hydrogen (secondary N) is 1. The van der Waals surface area contributed by atoms with E-state index in [-0.39, 0.29) is 5.91 Å². The summed E-state index contributed by atoms with van der Waals surface area (Å²) in [6.07, 6.45) is 2.45. The van der Waals surface area contributed by atoms with E-state index in [2.05, 4.69) is 25.3 Å². The number of fused-ring (bicyclic) bond motifs is 1. The zero-order valence-corrected chi connectivity index (χ0v) is 15.5. The van der Waals surface area contributed by atoms with Crippen LogP contribution in [0.25, 0.3) is 0 Å². The summed E-state index contributed by atoms with van der Waals surface area (Å²) in [6, 6.07) is 0. The molecule has 0 saturated carbocycles. The van der Waals surface area contributed by atoms with E-state index in [4.69, 9.17) is 0 Å². The molecule has 8 nitrogen and oxygen atoms in total. The van der Waals surface area contributed by atoms with Crippen LogP contribution in [-0.2, 0) is 24.8 Å². The van der Waals surface area contributed by atoms with Gasteiger partial charge in [-0.1, -0.05) is 0 Å². The molecule has 0 aliphatic carbocycles. The summed E-state index contributed by atoms with van der Waals surface area (Å²) in [5.41, 5.74) is 4.79. The first-order valence-corrected chi connectivity index (χ1v) is 8.39. The van der Waals surface area contributed by atoms with Gasteiger partial charge >= 0.3 is 0 Å². The van der Waals surface area contributed by atoms with Gasteiger partial charge in [0, 0.05) is 46.2 Å². The number of aromatic nitrogens is 4. The van der Waals surface area contributed by atoms with Crippen LogP contribution in [0.2, 0.25) is 0 Å². The lowest BCUT2D eigenvalue weighted by Crippen LogP contribution is -2.38. The van der Waals surface area contributed by atoms with E-state index in [0.29, 0.717) is 13.1 Å². The number of carbonyl (C=O) groups is 1. The second-order valence-corrected chi connectivity index (χ2v) is 6.70. The SMILES string of the molecule is Cc1nn(C)c(C)c1NC(=O)CN1CCc2ncnc(N(C)C)c2C1. The number of carbonyl (C=O) groups excluding carboxylic acids is 1. The first-order chi connectivity index (χ1) is 11.9. The summed E-state index contributed by atoms with van der Waals surface area (Å²) in [5.74, 6) is 0.903. The number of aryl methyl sites for hydroxylation is 2. The molecule has 2 aromatic rings. The van der Waals surface area contributed by atoms with Crippen LogP contribution in [0.5, 0.6) is 0 Å². The van der Waals surface area contributed by atoms with E-state index in [0.717, 1.165) is 47.1 Å². The molecule has 0 radical (unpaired) electrons. The molecule has 0 saturated heterocycles. The molecule has 1 aliphatic rings. The van der Waals surface area contributed by atoms with E-state index in [1.165, 1.54) is 0 Å². The van der Waals surface area contributed by atoms with Crippen LogP contribution in [0.3, 0.4) is 0 Å². The van der Waals surface area contributed by atoms with Crippen LogP contribution >= 0.6 is 0 Å². The van der Waals surface area contributed by atoms with E-state index < -0.39 is 0 Å². The summed E-state index contributed by atoms with van der Waals surface area (Å²) in [5, 5.41) is 7.34. The Labute approximate surface area is 147 Å². The molecule has 25 heavy (non-hydrogen) atoms. The number of anilines is 2. The normalized spacial score (nSPS) is 14.3. The molecule has 8 heteroatoms. The van der Waals surface area contributed by atoms with Gasteiger partial charge in [-0.3, -0.25) is 14.4 Å². The molecule has 0 unspecified atom stereocenters. The highest BCUT2D eigenvalue weighted by Gasteiger charge is 2.24. The average molecular weight is 343 g/mol. The molecular formula is C17H25N7O. The Balaban J connectivity index is 1.70. The standard InChI is InChI=1S/C17H25N7O/c1-11-16(12(2)23(5)21-11)20-15(25)9-24-7-6-14-13(8-24)17(22(3)4)19-10-18-14/h10H,6-9H2,1-5H3,(H,20,25). The van der Waals surface area contributed by atoms with Crippen molar-refractivity contribution in [2.45, 2.75) is 26.8 Å². The van der Waals surface area contributed by atoms with Crippen molar-refractivity contribution in [1.29, 1.82) is 0 Å². The van der Waals surface area contributed by atoms with Gasteiger partial charge in [-0.25, -0.2) is 9.97 Å². The van der Waals surface area contributed by atoms with Gasteiger partial charge in [0.2, 0.25) is 5.91 Å². The molecule has 2 aromatic heterocycles. The van der Waals surface area contributed by atoms with E-state index >= 15 is 0 Å². The molecule has 0 aromatic carbocycles. The Hall–Kier alpha value is -2.48. The fourth-order valence-corrected chi connectivity index (χ4v) is 3.24. The smallest absolute Gasteiger partial charge is 0.238 e. The third-order valence-electron chi connectivity index (χ3n) is 4.62. The van der Waals surface area contributed by atoms with Gasteiger partial charge in [0.25, 0.3) is 0 Å². The van der Waals surface area contributed by atoms with E-state index in [1.54, 1.807) is 11.0 Å². The summed E-state index contributed by atoms with van der Waals surface area (Å²) in [6.45, 7) is 5.69. The predicted octanol–water partition coefficient (Wildman–Crippen LogP) is 0.890. The zero-order valence-electron chi connectivity index (χ0n) is 15.5. The maximum Gasteiger partial charge on any atom is 0.238 e.